The molecule has 10 heteroatoms. The molecule has 3 rings (SSSR count). The molecule has 0 radical (unpaired) electrons. The molecule has 0 spiro atoms. The van der Waals surface area contributed by atoms with Crippen molar-refractivity contribution in [3.8, 4) is 5.75 Å². The van der Waals surface area contributed by atoms with E-state index in [9.17, 15) is 19.2 Å². The average Bonchev–Trinajstić information content (AvgIpc) is 3.12. The van der Waals surface area contributed by atoms with Crippen LogP contribution in [-0.4, -0.2) is 45.0 Å². The van der Waals surface area contributed by atoms with E-state index < -0.39 is 23.3 Å². The van der Waals surface area contributed by atoms with Gasteiger partial charge >= 0.3 is 11.9 Å². The third-order valence-electron chi connectivity index (χ3n) is 4.92. The first-order valence-electron chi connectivity index (χ1n) is 10.4. The Morgan fingerprint density at radius 2 is 1.85 bits per heavy atom. The summed E-state index contributed by atoms with van der Waals surface area (Å²) in [6, 6.07) is 10.7. The molecular formula is C23H24N2O7S. The van der Waals surface area contributed by atoms with E-state index in [-0.39, 0.29) is 30.6 Å². The second-order valence-electron chi connectivity index (χ2n) is 7.36. The molecule has 0 bridgehead atoms. The molecule has 0 aliphatic carbocycles. The van der Waals surface area contributed by atoms with Crippen molar-refractivity contribution in [1.82, 2.24) is 10.3 Å². The fraction of sp³-hybridized carbons (Fsp3) is 0.348. The third-order valence-corrected chi connectivity index (χ3v) is 5.90. The number of carbonyl (C=O) groups excluding carboxylic acids is 3. The van der Waals surface area contributed by atoms with E-state index in [1.807, 2.05) is 13.0 Å². The highest BCUT2D eigenvalue weighted by Gasteiger charge is 2.31. The van der Waals surface area contributed by atoms with Crippen molar-refractivity contribution in [3.63, 3.8) is 0 Å². The Hall–Kier alpha value is -3.40. The van der Waals surface area contributed by atoms with Crippen molar-refractivity contribution >= 4 is 34.8 Å². The van der Waals surface area contributed by atoms with E-state index in [0.717, 1.165) is 29.3 Å². The van der Waals surface area contributed by atoms with Gasteiger partial charge in [-0.1, -0.05) is 36.9 Å². The summed E-state index contributed by atoms with van der Waals surface area (Å²) < 4.78 is 11.2. The number of hydrogen-bond donors (Lipinski definition) is 2. The van der Waals surface area contributed by atoms with Crippen LogP contribution in [0.3, 0.4) is 0 Å². The molecule has 174 valence electrons. The number of nitrogens with one attached hydrogen (secondary N) is 1. The number of benzene rings is 1. The number of carboxylic acid groups (broad SMARTS) is 1. The minimum Gasteiger partial charge on any atom is -0.489 e. The van der Waals surface area contributed by atoms with Crippen LogP contribution in [0, 0.1) is 0 Å². The monoisotopic (exact) mass is 472 g/mol. The summed E-state index contributed by atoms with van der Waals surface area (Å²) in [6.45, 7) is 1.99. The number of aryl methyl sites for hydroxylation is 1. The lowest BCUT2D eigenvalue weighted by Crippen LogP contribution is -2.25. The highest BCUT2D eigenvalue weighted by Crippen LogP contribution is 2.25. The number of hydrogen-bond acceptors (Lipinski definition) is 8. The number of imide groups is 1. The molecule has 9 nitrogen and oxygen atoms in total. The lowest BCUT2D eigenvalue weighted by Gasteiger charge is -2.18. The normalized spacial score (nSPS) is 16.2. The van der Waals surface area contributed by atoms with E-state index in [1.54, 1.807) is 36.5 Å². The van der Waals surface area contributed by atoms with Crippen LogP contribution in [-0.2, 0) is 32.0 Å². The SMILES string of the molecule is CCc1ccc(C(COc2ccc(CC3SC(=O)NC3=O)cc2)OC(=O)CCC(=O)O)nc1. The summed E-state index contributed by atoms with van der Waals surface area (Å²) in [7, 11) is 0. The Kier molecular flexibility index (Phi) is 8.42. The van der Waals surface area contributed by atoms with Crippen LogP contribution in [0.15, 0.2) is 42.6 Å². The van der Waals surface area contributed by atoms with Crippen LogP contribution >= 0.6 is 11.8 Å². The van der Waals surface area contributed by atoms with Gasteiger partial charge in [0.05, 0.1) is 23.8 Å². The molecule has 1 saturated heterocycles. The fourth-order valence-corrected chi connectivity index (χ4v) is 3.94. The first kappa shape index (κ1) is 24.2. The number of esters is 1. The Bertz CT molecular complexity index is 1010. The van der Waals surface area contributed by atoms with Crippen molar-refractivity contribution < 1.29 is 33.8 Å². The number of carboxylic acids is 1. The van der Waals surface area contributed by atoms with Crippen molar-refractivity contribution in [3.05, 3.63) is 59.4 Å². The van der Waals surface area contributed by atoms with Crippen LogP contribution in [0.4, 0.5) is 4.79 Å². The highest BCUT2D eigenvalue weighted by atomic mass is 32.2. The standard InChI is InChI=1S/C23H24N2O7S/c1-2-14-5-8-17(24-12-14)18(32-21(28)10-9-20(26)27)13-31-16-6-3-15(4-7-16)11-19-22(29)25-23(30)33-19/h3-8,12,18-19H,2,9-11,13H2,1H3,(H,26,27)(H,25,29,30). The molecule has 1 aromatic carbocycles. The molecule has 1 aliphatic rings. The van der Waals surface area contributed by atoms with Gasteiger partial charge in [0.25, 0.3) is 5.24 Å². The predicted octanol–water partition coefficient (Wildman–Crippen LogP) is 3.07. The van der Waals surface area contributed by atoms with Gasteiger partial charge in [0, 0.05) is 6.20 Å². The molecule has 2 amide bonds. The second-order valence-corrected chi connectivity index (χ2v) is 8.53. The van der Waals surface area contributed by atoms with Crippen LogP contribution < -0.4 is 10.1 Å². The van der Waals surface area contributed by atoms with Crippen molar-refractivity contribution in [1.29, 1.82) is 0 Å². The van der Waals surface area contributed by atoms with E-state index in [0.29, 0.717) is 17.9 Å². The number of aliphatic carboxylic acids is 1. The molecule has 33 heavy (non-hydrogen) atoms. The molecule has 0 saturated carbocycles. The van der Waals surface area contributed by atoms with E-state index >= 15 is 0 Å². The summed E-state index contributed by atoms with van der Waals surface area (Å²) in [6.07, 6.45) is 1.56. The quantitative estimate of drug-likeness (QED) is 0.474. The Morgan fingerprint density at radius 1 is 1.12 bits per heavy atom. The van der Waals surface area contributed by atoms with Gasteiger partial charge in [-0.2, -0.15) is 0 Å². The largest absolute Gasteiger partial charge is 0.489 e. The number of pyridine rings is 1. The van der Waals surface area contributed by atoms with E-state index in [1.165, 1.54) is 0 Å². The smallest absolute Gasteiger partial charge is 0.307 e. The summed E-state index contributed by atoms with van der Waals surface area (Å²) >= 11 is 0.975. The first-order chi connectivity index (χ1) is 15.8. The fourth-order valence-electron chi connectivity index (χ4n) is 3.08. The maximum absolute atomic E-state index is 12.1. The van der Waals surface area contributed by atoms with Crippen LogP contribution in [0.25, 0.3) is 0 Å². The zero-order chi connectivity index (χ0) is 23.8. The van der Waals surface area contributed by atoms with E-state index in [4.69, 9.17) is 14.6 Å². The minimum atomic E-state index is -1.08. The lowest BCUT2D eigenvalue weighted by atomic mass is 10.1. The number of thioether (sulfide) groups is 1. The Labute approximate surface area is 194 Å². The molecule has 2 unspecified atom stereocenters. The van der Waals surface area contributed by atoms with Gasteiger partial charge in [-0.3, -0.25) is 29.5 Å². The van der Waals surface area contributed by atoms with Crippen molar-refractivity contribution in [2.24, 2.45) is 0 Å². The first-order valence-corrected chi connectivity index (χ1v) is 11.3. The minimum absolute atomic E-state index is 0.00792. The van der Waals surface area contributed by atoms with E-state index in [2.05, 4.69) is 10.3 Å². The average molecular weight is 473 g/mol. The summed E-state index contributed by atoms with van der Waals surface area (Å²) in [5.41, 5.74) is 2.40. The molecule has 2 atom stereocenters. The van der Waals surface area contributed by atoms with Gasteiger partial charge in [-0.25, -0.2) is 0 Å². The summed E-state index contributed by atoms with van der Waals surface area (Å²) in [4.78, 5) is 50.2. The van der Waals surface area contributed by atoms with Crippen molar-refractivity contribution in [2.45, 2.75) is 44.0 Å². The van der Waals surface area contributed by atoms with Crippen LogP contribution in [0.2, 0.25) is 0 Å². The number of rotatable bonds is 11. The zero-order valence-electron chi connectivity index (χ0n) is 18.0. The van der Waals surface area contributed by atoms with Crippen LogP contribution in [0.1, 0.15) is 42.7 Å². The molecule has 1 aromatic heterocycles. The number of aromatic nitrogens is 1. The van der Waals surface area contributed by atoms with Gasteiger partial charge < -0.3 is 14.6 Å². The summed E-state index contributed by atoms with van der Waals surface area (Å²) in [5, 5.41) is 10.3. The van der Waals surface area contributed by atoms with Gasteiger partial charge in [0.15, 0.2) is 6.10 Å². The molecule has 2 aromatic rings. The Morgan fingerprint density at radius 3 is 2.42 bits per heavy atom. The number of ether oxygens (including phenoxy) is 2. The molecule has 1 aliphatic heterocycles. The van der Waals surface area contributed by atoms with Gasteiger partial charge in [0.1, 0.15) is 12.4 Å². The summed E-state index contributed by atoms with van der Waals surface area (Å²) in [5.74, 6) is -1.50. The maximum Gasteiger partial charge on any atom is 0.307 e. The topological polar surface area (TPSA) is 132 Å². The second kappa shape index (κ2) is 11.5. The number of carbonyl (C=O) groups is 4. The molecule has 2 heterocycles. The number of nitrogens with zero attached hydrogens (tertiary/aromatic N) is 1. The highest BCUT2D eigenvalue weighted by molar-refractivity contribution is 8.15. The molecule has 1 fully saturated rings. The molecule has 2 N–H and O–H groups in total. The molecular weight excluding hydrogens is 448 g/mol. The Balaban J connectivity index is 1.62. The zero-order valence-corrected chi connectivity index (χ0v) is 18.8. The van der Waals surface area contributed by atoms with Gasteiger partial charge in [0.2, 0.25) is 5.91 Å². The lowest BCUT2D eigenvalue weighted by molar-refractivity contribution is -0.153. The van der Waals surface area contributed by atoms with Crippen molar-refractivity contribution in [2.75, 3.05) is 6.61 Å². The maximum atomic E-state index is 12.1. The van der Waals surface area contributed by atoms with Gasteiger partial charge in [-0.05, 0) is 42.2 Å². The van der Waals surface area contributed by atoms with Crippen LogP contribution in [0.5, 0.6) is 5.75 Å². The third kappa shape index (κ3) is 7.31. The van der Waals surface area contributed by atoms with Gasteiger partial charge in [-0.15, -0.1) is 0 Å². The number of amides is 2. The predicted molar refractivity (Wildman–Crippen MR) is 120 cm³/mol.